The van der Waals surface area contributed by atoms with Crippen molar-refractivity contribution in [3.63, 3.8) is 0 Å². The molecule has 9 nitrogen and oxygen atoms in total. The van der Waals surface area contributed by atoms with Crippen molar-refractivity contribution >= 4 is 49.9 Å². The number of amides is 2. The molecular weight excluding hydrogens is 569 g/mol. The van der Waals surface area contributed by atoms with Crippen LogP contribution in [0, 0.1) is 5.92 Å². The summed E-state index contributed by atoms with van der Waals surface area (Å²) in [6, 6.07) is 11.7. The Morgan fingerprint density at radius 3 is 2.69 bits per heavy atom. The molecule has 1 aliphatic carbocycles. The van der Waals surface area contributed by atoms with Crippen LogP contribution in [0.5, 0.6) is 5.75 Å². The van der Waals surface area contributed by atoms with Gasteiger partial charge < -0.3 is 29.2 Å². The van der Waals surface area contributed by atoms with E-state index in [0.717, 1.165) is 39.0 Å². The van der Waals surface area contributed by atoms with Gasteiger partial charge in [0.1, 0.15) is 23.5 Å². The van der Waals surface area contributed by atoms with Crippen LogP contribution in [-0.2, 0) is 18.3 Å². The zero-order valence-corrected chi connectivity index (χ0v) is 23.3. The molecule has 0 spiro atoms. The predicted octanol–water partition coefficient (Wildman–Crippen LogP) is 5.02. The lowest BCUT2D eigenvalue weighted by molar-refractivity contribution is 0.0133. The lowest BCUT2D eigenvalue weighted by Crippen LogP contribution is -2.49. The lowest BCUT2D eigenvalue weighted by Gasteiger charge is -2.34. The summed E-state index contributed by atoms with van der Waals surface area (Å²) < 4.78 is 30.5. The smallest absolute Gasteiger partial charge is 0.404 e. The highest BCUT2D eigenvalue weighted by atomic mass is 79.9. The van der Waals surface area contributed by atoms with E-state index in [9.17, 15) is 14.0 Å². The van der Waals surface area contributed by atoms with Gasteiger partial charge in [-0.05, 0) is 59.0 Å². The summed E-state index contributed by atoms with van der Waals surface area (Å²) in [5.41, 5.74) is 8.90. The molecule has 2 aromatic heterocycles. The maximum Gasteiger partial charge on any atom is 0.404 e. The van der Waals surface area contributed by atoms with Crippen molar-refractivity contribution in [3.05, 3.63) is 46.4 Å². The lowest BCUT2D eigenvalue weighted by atomic mass is 10.0. The number of aryl methyl sites for hydroxylation is 1. The molecule has 4 aromatic rings. The molecular formula is C28H29BrFN5O4. The van der Waals surface area contributed by atoms with Crippen molar-refractivity contribution in [2.45, 2.75) is 38.1 Å². The Labute approximate surface area is 232 Å². The highest BCUT2D eigenvalue weighted by Crippen LogP contribution is 2.39. The number of fused-ring (bicyclic) bond motifs is 2. The first-order valence-corrected chi connectivity index (χ1v) is 13.7. The summed E-state index contributed by atoms with van der Waals surface area (Å²) in [7, 11) is 3.49. The summed E-state index contributed by atoms with van der Waals surface area (Å²) >= 11 is 3.73. The van der Waals surface area contributed by atoms with E-state index in [-0.39, 0.29) is 19.5 Å². The molecule has 2 aliphatic rings. The Morgan fingerprint density at radius 2 is 1.97 bits per heavy atom. The van der Waals surface area contributed by atoms with Crippen LogP contribution >= 0.6 is 15.9 Å². The minimum absolute atomic E-state index is 0.00362. The maximum atomic E-state index is 14.4. The second kappa shape index (κ2) is 9.86. The number of carbonyl (C=O) groups is 2. The highest BCUT2D eigenvalue weighted by molar-refractivity contribution is 9.10. The number of likely N-dealkylation sites (tertiary alicyclic amines) is 1. The maximum absolute atomic E-state index is 14.4. The Balaban J connectivity index is 1.42. The second-order valence-electron chi connectivity index (χ2n) is 10.4. The molecule has 1 saturated carbocycles. The quantitative estimate of drug-likeness (QED) is 0.336. The molecule has 0 unspecified atom stereocenters. The van der Waals surface area contributed by atoms with E-state index in [1.807, 2.05) is 23.7 Å². The summed E-state index contributed by atoms with van der Waals surface area (Å²) in [5.74, 6) is 1.50. The fourth-order valence-corrected chi connectivity index (χ4v) is 6.22. The fraction of sp³-hybridized carbons (Fsp3) is 0.393. The Kier molecular flexibility index (Phi) is 6.49. The minimum atomic E-state index is -1.33. The number of nitrogens with zero attached hydrogens (tertiary/aromatic N) is 4. The van der Waals surface area contributed by atoms with Crippen molar-refractivity contribution < 1.29 is 23.5 Å². The molecule has 2 N–H and O–H groups in total. The van der Waals surface area contributed by atoms with E-state index in [1.165, 1.54) is 17.7 Å². The highest BCUT2D eigenvalue weighted by Gasteiger charge is 2.33. The van der Waals surface area contributed by atoms with E-state index < -0.39 is 24.3 Å². The summed E-state index contributed by atoms with van der Waals surface area (Å²) in [6.45, 7) is 0.868. The van der Waals surface area contributed by atoms with E-state index in [4.69, 9.17) is 20.2 Å². The van der Waals surface area contributed by atoms with Gasteiger partial charge in [0.15, 0.2) is 5.82 Å². The van der Waals surface area contributed by atoms with E-state index >= 15 is 0 Å². The number of carbonyl (C=O) groups excluding carboxylic acids is 2. The summed E-state index contributed by atoms with van der Waals surface area (Å²) in [5, 5.41) is 1.12. The number of aromatic nitrogens is 3. The van der Waals surface area contributed by atoms with Crippen LogP contribution < -0.4 is 10.5 Å². The van der Waals surface area contributed by atoms with Crippen molar-refractivity contribution in [1.29, 1.82) is 0 Å². The third-order valence-electron chi connectivity index (χ3n) is 7.57. The van der Waals surface area contributed by atoms with E-state index in [2.05, 4.69) is 32.6 Å². The van der Waals surface area contributed by atoms with Gasteiger partial charge in [-0.3, -0.25) is 4.79 Å². The molecule has 2 fully saturated rings. The number of alkyl halides is 1. The van der Waals surface area contributed by atoms with Gasteiger partial charge in [-0.2, -0.15) is 0 Å². The molecule has 39 heavy (non-hydrogen) atoms. The van der Waals surface area contributed by atoms with E-state index in [0.29, 0.717) is 22.7 Å². The molecule has 3 heterocycles. The number of hydrogen-bond acceptors (Lipinski definition) is 5. The van der Waals surface area contributed by atoms with Crippen LogP contribution in [0.25, 0.3) is 33.5 Å². The number of hydrogen-bond donors (Lipinski definition) is 1. The number of benzene rings is 2. The number of para-hydroxylation sites is 1. The monoisotopic (exact) mass is 597 g/mol. The SMILES string of the molecule is COc1cc(C(=O)N2C[C@H](F)C[C@@H](OC(N)=O)C2)cc2nc(-c3cc4cccc(Br)c4n3CC3CC3)n(C)c12. The topological polar surface area (TPSA) is 105 Å². The Hall–Kier alpha value is -3.60. The number of methoxy groups -OCH3 is 1. The van der Waals surface area contributed by atoms with Gasteiger partial charge >= 0.3 is 6.09 Å². The molecule has 0 bridgehead atoms. The largest absolute Gasteiger partial charge is 0.494 e. The third-order valence-corrected chi connectivity index (χ3v) is 8.21. The first kappa shape index (κ1) is 25.7. The molecule has 1 aliphatic heterocycles. The number of nitrogens with two attached hydrogens (primary N) is 1. The number of primary amides is 1. The molecule has 204 valence electrons. The zero-order chi connectivity index (χ0) is 27.4. The zero-order valence-electron chi connectivity index (χ0n) is 21.7. The van der Waals surface area contributed by atoms with Crippen LogP contribution in [0.1, 0.15) is 29.6 Å². The van der Waals surface area contributed by atoms with Crippen LogP contribution in [0.15, 0.2) is 40.9 Å². The Morgan fingerprint density at radius 1 is 1.18 bits per heavy atom. The first-order chi connectivity index (χ1) is 18.7. The average molecular weight is 598 g/mol. The van der Waals surface area contributed by atoms with Crippen LogP contribution in [-0.4, -0.2) is 63.5 Å². The number of piperidine rings is 1. The Bertz CT molecular complexity index is 1610. The average Bonchev–Trinajstić information content (AvgIpc) is 3.55. The van der Waals surface area contributed by atoms with Crippen molar-refractivity contribution in [3.8, 4) is 17.3 Å². The summed E-state index contributed by atoms with van der Waals surface area (Å²) in [4.78, 5) is 31.0. The van der Waals surface area contributed by atoms with Crippen molar-refractivity contribution in [2.75, 3.05) is 20.2 Å². The molecule has 1 saturated heterocycles. The van der Waals surface area contributed by atoms with Crippen LogP contribution in [0.2, 0.25) is 0 Å². The number of rotatable bonds is 6. The van der Waals surface area contributed by atoms with Gasteiger partial charge in [0.2, 0.25) is 0 Å². The molecule has 11 heteroatoms. The van der Waals surface area contributed by atoms with Gasteiger partial charge in [0, 0.05) is 35.4 Å². The first-order valence-electron chi connectivity index (χ1n) is 13.0. The standard InChI is InChI=1S/C28H29BrFN5O4/c1-33-25-21(32-26(33)22-9-16-4-3-5-20(29)24(16)35(22)12-15-6-7-15)8-17(10-23(25)38-2)27(36)34-13-18(30)11-19(14-34)39-28(31)37/h3-5,8-10,15,18-19H,6-7,11-14H2,1-2H3,(H2,31,37)/t18-,19-/m1/s1. The van der Waals surface area contributed by atoms with Gasteiger partial charge in [0.25, 0.3) is 5.91 Å². The number of ether oxygens (including phenoxy) is 2. The van der Waals surface area contributed by atoms with Crippen molar-refractivity contribution in [2.24, 2.45) is 18.7 Å². The van der Waals surface area contributed by atoms with Gasteiger partial charge in [-0.1, -0.05) is 12.1 Å². The van der Waals surface area contributed by atoms with Crippen LogP contribution in [0.4, 0.5) is 9.18 Å². The minimum Gasteiger partial charge on any atom is -0.494 e. The molecule has 6 rings (SSSR count). The van der Waals surface area contributed by atoms with Crippen LogP contribution in [0.3, 0.4) is 0 Å². The number of imidazole rings is 1. The summed E-state index contributed by atoms with van der Waals surface area (Å²) in [6.07, 6.45) is -0.678. The van der Waals surface area contributed by atoms with Gasteiger partial charge in [0.05, 0.1) is 36.9 Å². The molecule has 0 radical (unpaired) electrons. The third kappa shape index (κ3) is 4.73. The van der Waals surface area contributed by atoms with Crippen molar-refractivity contribution in [1.82, 2.24) is 19.0 Å². The van der Waals surface area contributed by atoms with Gasteiger partial charge in [-0.15, -0.1) is 0 Å². The van der Waals surface area contributed by atoms with Gasteiger partial charge in [-0.25, -0.2) is 14.2 Å². The predicted molar refractivity (Wildman–Crippen MR) is 148 cm³/mol. The molecule has 2 atom stereocenters. The second-order valence-corrected chi connectivity index (χ2v) is 11.3. The fourth-order valence-electron chi connectivity index (χ4n) is 5.62. The molecule has 2 amide bonds. The normalized spacial score (nSPS) is 19.5. The number of halogens is 2. The van der Waals surface area contributed by atoms with E-state index in [1.54, 1.807) is 19.2 Å². The molecule has 2 aromatic carbocycles.